The highest BCUT2D eigenvalue weighted by Gasteiger charge is 2.69. The molecule has 25 atom stereocenters. The van der Waals surface area contributed by atoms with Crippen molar-refractivity contribution < 1.29 is 94.2 Å². The van der Waals surface area contributed by atoms with E-state index in [1.54, 1.807) is 0 Å². The predicted octanol–water partition coefficient (Wildman–Crippen LogP) is 0.797. The minimum atomic E-state index is -2.16. The van der Waals surface area contributed by atoms with Crippen molar-refractivity contribution >= 4 is 11.9 Å². The van der Waals surface area contributed by atoms with Gasteiger partial charge in [-0.15, -0.1) is 0 Å². The molecule has 8 rings (SSSR count). The molecule has 8 aliphatic rings. The predicted molar refractivity (Wildman–Crippen MR) is 231 cm³/mol. The molecule has 3 heterocycles. The van der Waals surface area contributed by atoms with Gasteiger partial charge in [0.15, 0.2) is 31.1 Å². The number of hydrogen-bond acceptors (Lipinski definition) is 17. The van der Waals surface area contributed by atoms with Gasteiger partial charge in [-0.05, 0) is 110 Å². The number of rotatable bonds is 9. The van der Waals surface area contributed by atoms with Gasteiger partial charge in [0.25, 0.3) is 0 Å². The maximum atomic E-state index is 12.5. The summed E-state index contributed by atoms with van der Waals surface area (Å²) in [6, 6.07) is 0. The third-order valence-corrected chi connectivity index (χ3v) is 19.6. The molecule has 19 nitrogen and oxygen atoms in total. The monoisotopic (exact) mass is 956 g/mol. The highest BCUT2D eigenvalue weighted by Crippen LogP contribution is 2.76. The third kappa shape index (κ3) is 7.97. The Morgan fingerprint density at radius 1 is 0.642 bits per heavy atom. The lowest BCUT2D eigenvalue weighted by molar-refractivity contribution is -0.393. The second-order valence-electron chi connectivity index (χ2n) is 23.6. The molecule has 5 aliphatic carbocycles. The zero-order valence-corrected chi connectivity index (χ0v) is 39.9. The maximum absolute atomic E-state index is 12.5. The summed E-state index contributed by atoms with van der Waals surface area (Å²) in [5.74, 6) is -2.90. The summed E-state index contributed by atoms with van der Waals surface area (Å²) in [7, 11) is 0. The van der Waals surface area contributed by atoms with Gasteiger partial charge in [0.2, 0.25) is 0 Å². The SMILES string of the molecule is C[C@@H]1O[C@H](O[C@@H]2[C@@H](O[C@@H]3[C@@H](O[C@H]4CC[C@]5(C)[C@@H](CC[C@@]6(C)[C@H]5CC=C5[C@@H]7CC(C)(C)[C@@H](O)C[C@]7(C)CC[C@]56C)[C@]4(C)CO)O[C@@H](C(=O)O)[C@H](O)[C@H]3O)O[C@@H](C(=O)O)[C@H](O)[C@H]2O)[C@@H](O)[C@H](O)[C@H]1O. The molecule has 11 N–H and O–H groups in total. The number of hydrogen-bond donors (Lipinski definition) is 11. The van der Waals surface area contributed by atoms with Gasteiger partial charge >= 0.3 is 11.9 Å². The van der Waals surface area contributed by atoms with Crippen molar-refractivity contribution in [2.24, 2.45) is 50.2 Å². The van der Waals surface area contributed by atoms with Crippen LogP contribution in [0.15, 0.2) is 11.6 Å². The molecule has 0 aromatic carbocycles. The van der Waals surface area contributed by atoms with Crippen molar-refractivity contribution in [2.45, 2.75) is 218 Å². The van der Waals surface area contributed by atoms with Gasteiger partial charge in [-0.25, -0.2) is 9.59 Å². The van der Waals surface area contributed by atoms with Crippen LogP contribution in [0.2, 0.25) is 0 Å². The largest absolute Gasteiger partial charge is 0.479 e. The van der Waals surface area contributed by atoms with Crippen LogP contribution in [0.25, 0.3) is 0 Å². The lowest BCUT2D eigenvalue weighted by Gasteiger charge is -2.71. The molecule has 0 bridgehead atoms. The molecule has 4 saturated carbocycles. The van der Waals surface area contributed by atoms with Gasteiger partial charge in [-0.1, -0.05) is 60.1 Å². The average molecular weight is 957 g/mol. The summed E-state index contributed by atoms with van der Waals surface area (Å²) in [4.78, 5) is 24.7. The second kappa shape index (κ2) is 17.7. The fraction of sp³-hybridized carbons (Fsp3) is 0.917. The number of aliphatic hydroxyl groups is 9. The summed E-state index contributed by atoms with van der Waals surface area (Å²) < 4.78 is 35.7. The Morgan fingerprint density at radius 3 is 1.78 bits per heavy atom. The third-order valence-electron chi connectivity index (χ3n) is 19.6. The Bertz CT molecular complexity index is 1900. The molecule has 0 amide bonds. The van der Waals surface area contributed by atoms with Crippen LogP contribution in [0, 0.1) is 50.2 Å². The highest BCUT2D eigenvalue weighted by atomic mass is 16.8. The Morgan fingerprint density at radius 2 is 1.21 bits per heavy atom. The molecule has 0 radical (unpaired) electrons. The van der Waals surface area contributed by atoms with Crippen molar-refractivity contribution in [1.82, 2.24) is 0 Å². The molecular weight excluding hydrogens is 881 g/mol. The van der Waals surface area contributed by atoms with Crippen LogP contribution < -0.4 is 0 Å². The second-order valence-corrected chi connectivity index (χ2v) is 23.6. The van der Waals surface area contributed by atoms with Gasteiger partial charge in [-0.3, -0.25) is 0 Å². The van der Waals surface area contributed by atoms with E-state index in [2.05, 4.69) is 47.6 Å². The van der Waals surface area contributed by atoms with Crippen molar-refractivity contribution in [3.05, 3.63) is 11.6 Å². The zero-order valence-electron chi connectivity index (χ0n) is 39.9. The van der Waals surface area contributed by atoms with Gasteiger partial charge in [0, 0.05) is 5.41 Å². The Kier molecular flexibility index (Phi) is 13.6. The summed E-state index contributed by atoms with van der Waals surface area (Å²) >= 11 is 0. The van der Waals surface area contributed by atoms with Crippen molar-refractivity contribution in [1.29, 1.82) is 0 Å². The molecule has 3 saturated heterocycles. The van der Waals surface area contributed by atoms with E-state index in [1.165, 1.54) is 12.5 Å². The number of aliphatic carboxylic acids is 2. The normalized spacial score (nSPS) is 55.2. The molecule has 0 aromatic rings. The van der Waals surface area contributed by atoms with E-state index in [1.807, 2.05) is 6.92 Å². The standard InChI is InChI=1S/C48H76O19/c1-20-27(51)28(52)33(57)40(62-20)66-37-32(56)30(54)35(39(60)61)65-42(37)67-36-31(55)29(53)34(38(58)59)64-41(36)63-26-12-13-45(5)23(46(26,6)19-49)11-14-48(8)24(45)10-9-21-22-17-43(2,3)25(50)18-44(22,4)15-16-47(21,48)7/h9,20,22-37,40-42,49-57H,10-19H2,1-8H3,(H,58,59)(H,60,61)/t20-,22-,23+,24-,25-,26-,27-,28+,29+,30+,31+,32+,33-,34+,35+,36-,37-,40+,41-,42+,44-,45+,46-,47+,48-/m0/s1. The maximum Gasteiger partial charge on any atom is 0.335 e. The van der Waals surface area contributed by atoms with E-state index < -0.39 is 116 Å². The molecule has 67 heavy (non-hydrogen) atoms. The van der Waals surface area contributed by atoms with Crippen LogP contribution in [0.5, 0.6) is 0 Å². The molecule has 0 spiro atoms. The lowest BCUT2D eigenvalue weighted by Crippen LogP contribution is -2.68. The first-order valence-corrected chi connectivity index (χ1v) is 24.2. The molecule has 3 aliphatic heterocycles. The van der Waals surface area contributed by atoms with Crippen LogP contribution >= 0.6 is 0 Å². The first-order valence-electron chi connectivity index (χ1n) is 24.2. The number of ether oxygens (including phenoxy) is 6. The van der Waals surface area contributed by atoms with Crippen LogP contribution in [0.1, 0.15) is 113 Å². The van der Waals surface area contributed by atoms with Gasteiger partial charge in [-0.2, -0.15) is 0 Å². The lowest BCUT2D eigenvalue weighted by atomic mass is 9.33. The number of carbonyl (C=O) groups is 2. The smallest absolute Gasteiger partial charge is 0.335 e. The van der Waals surface area contributed by atoms with Crippen LogP contribution in [-0.2, 0) is 38.0 Å². The quantitative estimate of drug-likeness (QED) is 0.112. The van der Waals surface area contributed by atoms with Crippen LogP contribution in [-0.4, -0.2) is 179 Å². The van der Waals surface area contributed by atoms with E-state index in [0.29, 0.717) is 18.8 Å². The number of allylic oxidation sites excluding steroid dienone is 2. The minimum Gasteiger partial charge on any atom is -0.479 e. The van der Waals surface area contributed by atoms with Crippen molar-refractivity contribution in [3.8, 4) is 0 Å². The van der Waals surface area contributed by atoms with Gasteiger partial charge in [0.05, 0.1) is 24.9 Å². The number of carboxylic acid groups (broad SMARTS) is 2. The molecule has 0 aromatic heterocycles. The van der Waals surface area contributed by atoms with Crippen molar-refractivity contribution in [3.63, 3.8) is 0 Å². The van der Waals surface area contributed by atoms with E-state index >= 15 is 0 Å². The first-order chi connectivity index (χ1) is 31.1. The number of aliphatic hydroxyl groups excluding tert-OH is 9. The van der Waals surface area contributed by atoms with E-state index in [9.17, 15) is 65.8 Å². The van der Waals surface area contributed by atoms with E-state index in [-0.39, 0.29) is 51.6 Å². The van der Waals surface area contributed by atoms with E-state index in [0.717, 1.165) is 44.9 Å². The molecule has 0 unspecified atom stereocenters. The Balaban J connectivity index is 1.08. The molecular formula is C48H76O19. The summed E-state index contributed by atoms with van der Waals surface area (Å²) in [5.41, 5.74) is -0.119. The molecule has 382 valence electrons. The number of carboxylic acids is 2. The topological polar surface area (TPSA) is 312 Å². The van der Waals surface area contributed by atoms with E-state index in [4.69, 9.17) is 28.4 Å². The molecule has 19 heteroatoms. The fourth-order valence-corrected chi connectivity index (χ4v) is 15.0. The summed E-state index contributed by atoms with van der Waals surface area (Å²) in [6.45, 7) is 16.9. The Hall–Kier alpha value is -1.92. The molecule has 7 fully saturated rings. The Labute approximate surface area is 391 Å². The summed E-state index contributed by atoms with van der Waals surface area (Å²) in [5, 5.41) is 119. The van der Waals surface area contributed by atoms with Crippen LogP contribution in [0.3, 0.4) is 0 Å². The van der Waals surface area contributed by atoms with Crippen LogP contribution in [0.4, 0.5) is 0 Å². The highest BCUT2D eigenvalue weighted by molar-refractivity contribution is 5.74. The van der Waals surface area contributed by atoms with Crippen molar-refractivity contribution in [2.75, 3.05) is 6.61 Å². The minimum absolute atomic E-state index is 0.0105. The van der Waals surface area contributed by atoms with Gasteiger partial charge in [0.1, 0.15) is 54.9 Å². The summed E-state index contributed by atoms with van der Waals surface area (Å²) in [6.07, 6.45) is -20.2. The first kappa shape index (κ1) is 51.4. The average Bonchev–Trinajstić information content (AvgIpc) is 3.25. The zero-order chi connectivity index (χ0) is 49.3. The fourth-order valence-electron chi connectivity index (χ4n) is 15.0. The van der Waals surface area contributed by atoms with Gasteiger partial charge < -0.3 is 84.6 Å². The number of fused-ring (bicyclic) bond motifs is 7.